The smallest absolute Gasteiger partial charge is 0.139 e. The van der Waals surface area contributed by atoms with Gasteiger partial charge in [-0.2, -0.15) is 0 Å². The number of hydrogen-bond acceptors (Lipinski definition) is 1. The molecule has 4 aliphatic carbocycles. The summed E-state index contributed by atoms with van der Waals surface area (Å²) in [6.07, 6.45) is 8.57. The first kappa shape index (κ1) is 6.80. The molecular weight excluding hydrogens is 160 g/mol. The minimum atomic E-state index is 0.481. The molecule has 0 N–H and O–H groups in total. The molecule has 68 valence electrons. The van der Waals surface area contributed by atoms with Crippen LogP contribution >= 0.6 is 0 Å². The monoisotopic (exact) mass is 174 g/mol. The quantitative estimate of drug-likeness (QED) is 0.405. The third-order valence-corrected chi connectivity index (χ3v) is 5.03. The van der Waals surface area contributed by atoms with Gasteiger partial charge in [0.25, 0.3) is 0 Å². The summed E-state index contributed by atoms with van der Waals surface area (Å²) in [5.74, 6) is 4.73. The maximum atomic E-state index is 11.9. The lowest BCUT2D eigenvalue weighted by Gasteiger charge is -2.30. The van der Waals surface area contributed by atoms with Gasteiger partial charge in [0.2, 0.25) is 0 Å². The number of allylic oxidation sites excluding steroid dienone is 2. The highest BCUT2D eigenvalue weighted by Crippen LogP contribution is 2.63. The lowest BCUT2D eigenvalue weighted by Crippen LogP contribution is -2.25. The minimum absolute atomic E-state index is 0.481. The Hall–Kier alpha value is -0.590. The van der Waals surface area contributed by atoms with Crippen molar-refractivity contribution in [3.8, 4) is 0 Å². The number of rotatable bonds is 0. The van der Waals surface area contributed by atoms with E-state index in [0.29, 0.717) is 17.6 Å². The molecule has 0 amide bonds. The van der Waals surface area contributed by atoms with E-state index in [1.54, 1.807) is 0 Å². The molecule has 0 heterocycles. The third-order valence-electron chi connectivity index (χ3n) is 5.03. The van der Waals surface area contributed by atoms with E-state index in [2.05, 4.69) is 12.2 Å². The summed E-state index contributed by atoms with van der Waals surface area (Å²) >= 11 is 0. The zero-order chi connectivity index (χ0) is 8.58. The molecule has 1 heteroatoms. The van der Waals surface area contributed by atoms with Gasteiger partial charge in [0, 0.05) is 11.8 Å². The molecule has 0 saturated heterocycles. The molecule has 0 aliphatic heterocycles. The van der Waals surface area contributed by atoms with Crippen molar-refractivity contribution in [1.29, 1.82) is 0 Å². The molecule has 4 aliphatic rings. The Balaban J connectivity index is 1.85. The topological polar surface area (TPSA) is 17.1 Å². The van der Waals surface area contributed by atoms with E-state index in [4.69, 9.17) is 0 Å². The predicted octanol–water partition coefficient (Wildman–Crippen LogP) is 2.03. The average molecular weight is 174 g/mol. The van der Waals surface area contributed by atoms with Gasteiger partial charge in [0.1, 0.15) is 5.78 Å². The van der Waals surface area contributed by atoms with E-state index in [1.165, 1.54) is 19.3 Å². The second-order valence-electron chi connectivity index (χ2n) is 5.30. The molecule has 6 atom stereocenters. The Bertz CT molecular complexity index is 289. The molecule has 1 nitrogen and oxygen atoms in total. The van der Waals surface area contributed by atoms with Crippen molar-refractivity contribution in [2.75, 3.05) is 0 Å². The first-order valence-corrected chi connectivity index (χ1v) is 5.58. The lowest BCUT2D eigenvalue weighted by molar-refractivity contribution is -0.122. The maximum Gasteiger partial charge on any atom is 0.139 e. The van der Waals surface area contributed by atoms with Crippen LogP contribution in [0, 0.1) is 35.5 Å². The van der Waals surface area contributed by atoms with Gasteiger partial charge in [-0.1, -0.05) is 12.2 Å². The summed E-state index contributed by atoms with van der Waals surface area (Å²) < 4.78 is 0. The number of Topliss-reactive ketones (excluding diaryl/α,β-unsaturated/α-hetero) is 1. The van der Waals surface area contributed by atoms with Gasteiger partial charge < -0.3 is 0 Å². The Morgan fingerprint density at radius 1 is 1.00 bits per heavy atom. The van der Waals surface area contributed by atoms with E-state index < -0.39 is 0 Å². The molecule has 0 spiro atoms. The first-order valence-electron chi connectivity index (χ1n) is 5.58. The molecule has 13 heavy (non-hydrogen) atoms. The van der Waals surface area contributed by atoms with Crippen molar-refractivity contribution in [1.82, 2.24) is 0 Å². The van der Waals surface area contributed by atoms with Gasteiger partial charge >= 0.3 is 0 Å². The number of ketones is 1. The standard InChI is InChI=1S/C12H14O/c13-12-8-3-4-9(12)11-7-2-1-6(5-7)10(8)11/h1-2,6-11H,3-5H2/t6-,7+,8+,9-,10+,11-. The van der Waals surface area contributed by atoms with E-state index in [1.807, 2.05) is 0 Å². The molecule has 0 radical (unpaired) electrons. The minimum Gasteiger partial charge on any atom is -0.299 e. The van der Waals surface area contributed by atoms with Crippen LogP contribution in [0.3, 0.4) is 0 Å². The zero-order valence-electron chi connectivity index (χ0n) is 7.65. The van der Waals surface area contributed by atoms with E-state index in [0.717, 1.165) is 23.7 Å². The third kappa shape index (κ3) is 0.589. The van der Waals surface area contributed by atoms with Crippen molar-refractivity contribution >= 4 is 5.78 Å². The molecular formula is C12H14O. The van der Waals surface area contributed by atoms with Crippen molar-refractivity contribution in [2.45, 2.75) is 19.3 Å². The highest BCUT2D eigenvalue weighted by molar-refractivity contribution is 5.89. The number of carbonyl (C=O) groups is 1. The number of carbonyl (C=O) groups excluding carboxylic acids is 1. The predicted molar refractivity (Wildman–Crippen MR) is 48.9 cm³/mol. The second-order valence-corrected chi connectivity index (χ2v) is 5.30. The van der Waals surface area contributed by atoms with Crippen LogP contribution in [0.2, 0.25) is 0 Å². The van der Waals surface area contributed by atoms with Gasteiger partial charge in [-0.3, -0.25) is 4.79 Å². The molecule has 3 saturated carbocycles. The van der Waals surface area contributed by atoms with Crippen LogP contribution in [0.15, 0.2) is 12.2 Å². The van der Waals surface area contributed by atoms with Crippen molar-refractivity contribution < 1.29 is 4.79 Å². The summed E-state index contributed by atoms with van der Waals surface area (Å²) in [7, 11) is 0. The van der Waals surface area contributed by atoms with Gasteiger partial charge in [-0.25, -0.2) is 0 Å². The lowest BCUT2D eigenvalue weighted by atomic mass is 9.73. The summed E-state index contributed by atoms with van der Waals surface area (Å²) in [4.78, 5) is 11.9. The molecule has 0 aromatic rings. The van der Waals surface area contributed by atoms with Crippen LogP contribution in [0.4, 0.5) is 0 Å². The number of hydrogen-bond donors (Lipinski definition) is 0. The summed E-state index contributed by atoms with van der Waals surface area (Å²) in [5, 5.41) is 0. The van der Waals surface area contributed by atoms with Gasteiger partial charge in [0.05, 0.1) is 0 Å². The molecule has 0 aromatic heterocycles. The summed E-state index contributed by atoms with van der Waals surface area (Å²) in [6, 6.07) is 0. The Labute approximate surface area is 78.2 Å². The highest BCUT2D eigenvalue weighted by Gasteiger charge is 2.62. The van der Waals surface area contributed by atoms with Crippen LogP contribution in [-0.4, -0.2) is 5.78 Å². The average Bonchev–Trinajstić information content (AvgIpc) is 2.84. The van der Waals surface area contributed by atoms with Crippen molar-refractivity contribution in [3.63, 3.8) is 0 Å². The Kier molecular flexibility index (Phi) is 1.00. The Morgan fingerprint density at radius 3 is 2.08 bits per heavy atom. The second kappa shape index (κ2) is 1.92. The summed E-state index contributed by atoms with van der Waals surface area (Å²) in [5.41, 5.74) is 0. The fraction of sp³-hybridized carbons (Fsp3) is 0.750. The van der Waals surface area contributed by atoms with Gasteiger partial charge in [-0.15, -0.1) is 0 Å². The fourth-order valence-corrected chi connectivity index (χ4v) is 4.71. The highest BCUT2D eigenvalue weighted by atomic mass is 16.1. The maximum absolute atomic E-state index is 11.9. The molecule has 0 unspecified atom stereocenters. The molecule has 4 bridgehead atoms. The van der Waals surface area contributed by atoms with Crippen LogP contribution in [-0.2, 0) is 4.79 Å². The summed E-state index contributed by atoms with van der Waals surface area (Å²) in [6.45, 7) is 0. The molecule has 3 fully saturated rings. The van der Waals surface area contributed by atoms with E-state index in [9.17, 15) is 4.79 Å². The number of fused-ring (bicyclic) bond motifs is 9. The van der Waals surface area contributed by atoms with Crippen LogP contribution in [0.1, 0.15) is 19.3 Å². The van der Waals surface area contributed by atoms with Gasteiger partial charge in [0.15, 0.2) is 0 Å². The largest absolute Gasteiger partial charge is 0.299 e. The molecule has 0 aromatic carbocycles. The van der Waals surface area contributed by atoms with Crippen LogP contribution < -0.4 is 0 Å². The normalized spacial score (nSPS) is 60.8. The van der Waals surface area contributed by atoms with Crippen molar-refractivity contribution in [2.24, 2.45) is 35.5 Å². The first-order chi connectivity index (χ1) is 6.36. The Morgan fingerprint density at radius 2 is 1.54 bits per heavy atom. The van der Waals surface area contributed by atoms with E-state index in [-0.39, 0.29) is 0 Å². The van der Waals surface area contributed by atoms with Gasteiger partial charge in [-0.05, 0) is 42.9 Å². The van der Waals surface area contributed by atoms with Crippen LogP contribution in [0.5, 0.6) is 0 Å². The van der Waals surface area contributed by atoms with E-state index >= 15 is 0 Å². The van der Waals surface area contributed by atoms with Crippen LogP contribution in [0.25, 0.3) is 0 Å². The molecule has 4 rings (SSSR count). The zero-order valence-corrected chi connectivity index (χ0v) is 7.65. The fourth-order valence-electron chi connectivity index (χ4n) is 4.71. The van der Waals surface area contributed by atoms with Crippen molar-refractivity contribution in [3.05, 3.63) is 12.2 Å². The SMILES string of the molecule is O=C1[C@H]2CC[C@@H]1[C@@H]1[C@H]2[C@@H]2C=C[C@H]1C2.